The number of hydrogen-bond donors (Lipinski definition) is 2. The second kappa shape index (κ2) is 10.5. The van der Waals surface area contributed by atoms with E-state index in [1.165, 1.54) is 24.0 Å². The fraction of sp³-hybridized carbons (Fsp3) is 0.708. The molecule has 1 saturated heterocycles. The first-order chi connectivity index (χ1) is 18.1. The summed E-state index contributed by atoms with van der Waals surface area (Å²) in [5.41, 5.74) is -0.699. The normalized spacial score (nSPS) is 21.5. The molecule has 39 heavy (non-hydrogen) atoms. The van der Waals surface area contributed by atoms with Gasteiger partial charge >= 0.3 is 12.2 Å². The Kier molecular flexibility index (Phi) is 8.00. The standard InChI is InChI=1S/C24H33F5N6O3S/c1-21(2,3)39(37)33-16(5-6-22(7-8-22)24(27,28)29)17-11-35-19(32-17)9-15(10-31-35)18(12-38-4)34-14-23(25,26)13-30-20(34)36/h9-11,16,18,33H,5-8,12-14H2,1-4H3,(H,30,36)/t16-,18+,39-/m0/s1. The predicted molar refractivity (Wildman–Crippen MR) is 133 cm³/mol. The van der Waals surface area contributed by atoms with Crippen LogP contribution in [0, 0.1) is 5.41 Å². The van der Waals surface area contributed by atoms with Gasteiger partial charge in [0.05, 0.1) is 71.0 Å². The minimum atomic E-state index is -4.32. The summed E-state index contributed by atoms with van der Waals surface area (Å²) < 4.78 is 90.7. The fourth-order valence-corrected chi connectivity index (χ4v) is 5.39. The highest BCUT2D eigenvalue weighted by Gasteiger charge is 2.62. The molecule has 2 N–H and O–H groups in total. The molecule has 0 bridgehead atoms. The van der Waals surface area contributed by atoms with Crippen LogP contribution in [-0.2, 0) is 15.7 Å². The third-order valence-electron chi connectivity index (χ3n) is 7.14. The molecule has 3 atom stereocenters. The van der Waals surface area contributed by atoms with E-state index in [9.17, 15) is 31.0 Å². The number of aromatic nitrogens is 3. The van der Waals surface area contributed by atoms with Gasteiger partial charge < -0.3 is 15.0 Å². The molecule has 2 aromatic rings. The maximum atomic E-state index is 14.1. The molecule has 4 rings (SSSR count). The van der Waals surface area contributed by atoms with E-state index in [0.29, 0.717) is 11.3 Å². The van der Waals surface area contributed by atoms with E-state index in [1.807, 2.05) is 0 Å². The number of rotatable bonds is 10. The minimum Gasteiger partial charge on any atom is -0.382 e. The Bertz CT molecular complexity index is 1230. The molecule has 1 aliphatic carbocycles. The molecule has 3 heterocycles. The Morgan fingerprint density at radius 2 is 1.95 bits per heavy atom. The van der Waals surface area contributed by atoms with Crippen molar-refractivity contribution >= 4 is 22.7 Å². The third-order valence-corrected chi connectivity index (χ3v) is 8.75. The molecule has 0 radical (unpaired) electrons. The Morgan fingerprint density at radius 3 is 2.54 bits per heavy atom. The number of imidazole rings is 1. The summed E-state index contributed by atoms with van der Waals surface area (Å²) in [7, 11) is -0.207. The lowest BCUT2D eigenvalue weighted by atomic mass is 9.96. The number of hydrogen-bond acceptors (Lipinski definition) is 5. The zero-order valence-electron chi connectivity index (χ0n) is 22.1. The highest BCUT2D eigenvalue weighted by atomic mass is 32.2. The first-order valence-electron chi connectivity index (χ1n) is 12.6. The summed E-state index contributed by atoms with van der Waals surface area (Å²) in [6.07, 6.45) is -1.34. The lowest BCUT2D eigenvalue weighted by Crippen LogP contribution is -2.58. The average molecular weight is 581 g/mol. The Labute approximate surface area is 225 Å². The molecule has 2 fully saturated rings. The summed E-state index contributed by atoms with van der Waals surface area (Å²) in [5, 5.41) is 6.48. The fourth-order valence-electron chi connectivity index (χ4n) is 4.54. The average Bonchev–Trinajstić information content (AvgIpc) is 3.52. The zero-order chi connectivity index (χ0) is 28.8. The number of nitrogens with zero attached hydrogens (tertiary/aromatic N) is 4. The highest BCUT2D eigenvalue weighted by molar-refractivity contribution is 7.84. The van der Waals surface area contributed by atoms with Crippen molar-refractivity contribution in [3.8, 4) is 0 Å². The van der Waals surface area contributed by atoms with Crippen LogP contribution < -0.4 is 10.0 Å². The van der Waals surface area contributed by atoms with Gasteiger partial charge in [0, 0.05) is 12.7 Å². The van der Waals surface area contributed by atoms with E-state index in [0.717, 1.165) is 4.90 Å². The van der Waals surface area contributed by atoms with Crippen molar-refractivity contribution in [1.29, 1.82) is 0 Å². The van der Waals surface area contributed by atoms with Crippen molar-refractivity contribution in [2.75, 3.05) is 26.8 Å². The van der Waals surface area contributed by atoms with Crippen molar-refractivity contribution in [2.45, 2.75) is 75.4 Å². The summed E-state index contributed by atoms with van der Waals surface area (Å²) in [4.78, 5) is 17.9. The van der Waals surface area contributed by atoms with E-state index < -0.39 is 64.5 Å². The molecule has 0 unspecified atom stereocenters. The number of nitrogens with one attached hydrogen (secondary N) is 2. The zero-order valence-corrected chi connectivity index (χ0v) is 23.0. The number of alkyl halides is 5. The Hall–Kier alpha value is -2.39. The number of carbonyl (C=O) groups excluding carboxylic acids is 1. The second-order valence-corrected chi connectivity index (χ2v) is 13.2. The van der Waals surface area contributed by atoms with Crippen LogP contribution in [0.4, 0.5) is 26.7 Å². The number of methoxy groups -OCH3 is 1. The maximum absolute atomic E-state index is 14.1. The van der Waals surface area contributed by atoms with Crippen LogP contribution in [0.15, 0.2) is 18.5 Å². The molecule has 2 amide bonds. The van der Waals surface area contributed by atoms with Crippen molar-refractivity contribution in [1.82, 2.24) is 29.5 Å². The quantitative estimate of drug-likeness (QED) is 0.409. The van der Waals surface area contributed by atoms with Crippen molar-refractivity contribution in [2.24, 2.45) is 5.41 Å². The number of fused-ring (bicyclic) bond motifs is 1. The van der Waals surface area contributed by atoms with Gasteiger partial charge in [0.15, 0.2) is 5.65 Å². The van der Waals surface area contributed by atoms with Gasteiger partial charge in [0.1, 0.15) is 0 Å². The summed E-state index contributed by atoms with van der Waals surface area (Å²) in [6.45, 7) is 3.60. The molecular weight excluding hydrogens is 547 g/mol. The van der Waals surface area contributed by atoms with Crippen LogP contribution >= 0.6 is 0 Å². The molecule has 2 aliphatic rings. The van der Waals surface area contributed by atoms with Gasteiger partial charge in [-0.05, 0) is 52.5 Å². The van der Waals surface area contributed by atoms with Crippen LogP contribution in [0.1, 0.15) is 69.8 Å². The van der Waals surface area contributed by atoms with Gasteiger partial charge in [-0.25, -0.2) is 32.0 Å². The molecule has 9 nitrogen and oxygen atoms in total. The molecule has 0 spiro atoms. The summed E-state index contributed by atoms with van der Waals surface area (Å²) >= 11 is 0. The number of carbonyl (C=O) groups is 1. The molecule has 1 aliphatic heterocycles. The molecule has 218 valence electrons. The van der Waals surface area contributed by atoms with Crippen LogP contribution in [0.5, 0.6) is 0 Å². The lowest BCUT2D eigenvalue weighted by molar-refractivity contribution is -0.189. The topological polar surface area (TPSA) is 101 Å². The SMILES string of the molecule is COC[C@H](c1cnn2cc([C@H](CCC3(C(F)(F)F)CC3)N[S@@](=O)C(C)(C)C)nc2c1)N1CC(F)(F)CNC1=O. The largest absolute Gasteiger partial charge is 0.394 e. The molecule has 2 aromatic heterocycles. The van der Waals surface area contributed by atoms with Crippen LogP contribution in [0.3, 0.4) is 0 Å². The third kappa shape index (κ3) is 6.51. The lowest BCUT2D eigenvalue weighted by Gasteiger charge is -2.38. The number of halogens is 5. The van der Waals surface area contributed by atoms with Crippen molar-refractivity contribution in [3.63, 3.8) is 0 Å². The monoisotopic (exact) mass is 580 g/mol. The second-order valence-electron chi connectivity index (χ2n) is 11.2. The first-order valence-corrected chi connectivity index (χ1v) is 13.7. The van der Waals surface area contributed by atoms with Gasteiger partial charge in [-0.15, -0.1) is 0 Å². The van der Waals surface area contributed by atoms with Gasteiger partial charge in [0.25, 0.3) is 5.92 Å². The van der Waals surface area contributed by atoms with Crippen molar-refractivity contribution < 1.29 is 35.7 Å². The summed E-state index contributed by atoms with van der Waals surface area (Å²) in [6, 6.07) is -0.741. The van der Waals surface area contributed by atoms with Crippen LogP contribution in [0.25, 0.3) is 5.65 Å². The van der Waals surface area contributed by atoms with E-state index >= 15 is 0 Å². The smallest absolute Gasteiger partial charge is 0.382 e. The number of ether oxygens (including phenoxy) is 1. The van der Waals surface area contributed by atoms with E-state index in [-0.39, 0.29) is 37.9 Å². The van der Waals surface area contributed by atoms with E-state index in [2.05, 4.69) is 20.1 Å². The maximum Gasteiger partial charge on any atom is 0.394 e. The molecule has 15 heteroatoms. The molecule has 0 aromatic carbocycles. The van der Waals surface area contributed by atoms with Crippen LogP contribution in [0.2, 0.25) is 0 Å². The van der Waals surface area contributed by atoms with E-state index in [1.54, 1.807) is 26.8 Å². The van der Waals surface area contributed by atoms with Gasteiger partial charge in [0.2, 0.25) is 0 Å². The summed E-state index contributed by atoms with van der Waals surface area (Å²) in [5.74, 6) is -3.13. The van der Waals surface area contributed by atoms with Crippen molar-refractivity contribution in [3.05, 3.63) is 29.7 Å². The molecule has 1 saturated carbocycles. The first kappa shape index (κ1) is 29.6. The molecular formula is C24H33F5N6O3S. The Balaban J connectivity index is 1.63. The van der Waals surface area contributed by atoms with Gasteiger partial charge in [-0.2, -0.15) is 18.3 Å². The highest BCUT2D eigenvalue weighted by Crippen LogP contribution is 2.61. The Morgan fingerprint density at radius 1 is 1.26 bits per heavy atom. The van der Waals surface area contributed by atoms with Crippen LogP contribution in [-0.4, -0.2) is 73.4 Å². The van der Waals surface area contributed by atoms with Gasteiger partial charge in [-0.3, -0.25) is 0 Å². The van der Waals surface area contributed by atoms with Gasteiger partial charge in [-0.1, -0.05) is 0 Å². The predicted octanol–water partition coefficient (Wildman–Crippen LogP) is 4.29. The van der Waals surface area contributed by atoms with E-state index in [4.69, 9.17) is 4.74 Å². The number of urea groups is 1. The minimum absolute atomic E-state index is 0.0490. The number of amides is 2.